The lowest BCUT2D eigenvalue weighted by molar-refractivity contribution is -0.122. The second-order valence-corrected chi connectivity index (χ2v) is 11.7. The molecule has 4 rings (SSSR count). The van der Waals surface area contributed by atoms with Gasteiger partial charge in [-0.1, -0.05) is 75.3 Å². The van der Waals surface area contributed by atoms with Crippen molar-refractivity contribution in [2.24, 2.45) is 0 Å². The van der Waals surface area contributed by atoms with Crippen molar-refractivity contribution in [2.45, 2.75) is 59.4 Å². The number of unbranched alkanes of at least 4 members (excludes halogenated alkanes) is 3. The maximum Gasteiger partial charge on any atom is 0.270 e. The molecule has 2 aliphatic heterocycles. The highest BCUT2D eigenvalue weighted by Gasteiger charge is 2.33. The fraction of sp³-hybridized carbons (Fsp3) is 0.467. The molecule has 206 valence electrons. The lowest BCUT2D eigenvalue weighted by Crippen LogP contribution is -2.48. The highest BCUT2D eigenvalue weighted by atomic mass is 32.2. The monoisotopic (exact) mass is 563 g/mol. The lowest BCUT2D eigenvalue weighted by atomic mass is 10.0. The molecule has 0 radical (unpaired) electrons. The van der Waals surface area contributed by atoms with Gasteiger partial charge in [0.25, 0.3) is 11.5 Å². The number of aromatic nitrogens is 1. The maximum atomic E-state index is 13.5. The summed E-state index contributed by atoms with van der Waals surface area (Å²) in [6, 6.07) is 12.5. The van der Waals surface area contributed by atoms with Crippen molar-refractivity contribution in [3.8, 4) is 6.07 Å². The van der Waals surface area contributed by atoms with E-state index in [0.717, 1.165) is 69.7 Å². The number of thioether (sulfide) groups is 1. The summed E-state index contributed by atoms with van der Waals surface area (Å²) in [6.07, 6.45) is 6.88. The molecule has 3 heterocycles. The van der Waals surface area contributed by atoms with Crippen LogP contribution in [0.25, 0.3) is 6.08 Å². The van der Waals surface area contributed by atoms with Gasteiger partial charge in [0.1, 0.15) is 21.8 Å². The minimum absolute atomic E-state index is 0.0903. The van der Waals surface area contributed by atoms with E-state index in [1.54, 1.807) is 9.47 Å². The van der Waals surface area contributed by atoms with E-state index < -0.39 is 0 Å². The Morgan fingerprint density at radius 2 is 1.67 bits per heavy atom. The SMILES string of the molecule is CCCCCCN1C(=O)/C(=C/c2c(C)c(C#N)c(=O)n(CCC)c2N2CCN(c3ccccc3)CC2)SC1=S. The van der Waals surface area contributed by atoms with Gasteiger partial charge in [-0.2, -0.15) is 5.26 Å². The maximum absolute atomic E-state index is 13.5. The Morgan fingerprint density at radius 1 is 0.974 bits per heavy atom. The summed E-state index contributed by atoms with van der Waals surface area (Å²) in [5.74, 6) is 0.701. The first kappa shape index (κ1) is 28.9. The molecule has 0 bridgehead atoms. The van der Waals surface area contributed by atoms with Crippen LogP contribution < -0.4 is 15.4 Å². The van der Waals surface area contributed by atoms with Gasteiger partial charge in [-0.05, 0) is 43.5 Å². The summed E-state index contributed by atoms with van der Waals surface area (Å²) in [7, 11) is 0. The number of nitrogens with zero attached hydrogens (tertiary/aromatic N) is 5. The number of amides is 1. The fourth-order valence-corrected chi connectivity index (χ4v) is 6.54. The Bertz CT molecular complexity index is 1340. The Labute approximate surface area is 241 Å². The molecule has 0 N–H and O–H groups in total. The first-order valence-electron chi connectivity index (χ1n) is 13.9. The minimum Gasteiger partial charge on any atom is -0.368 e. The zero-order valence-corrected chi connectivity index (χ0v) is 24.7. The fourth-order valence-electron chi connectivity index (χ4n) is 5.25. The highest BCUT2D eigenvalue weighted by Crippen LogP contribution is 2.36. The van der Waals surface area contributed by atoms with Crippen LogP contribution in [0.4, 0.5) is 11.5 Å². The van der Waals surface area contributed by atoms with E-state index in [1.165, 1.54) is 17.4 Å². The first-order valence-corrected chi connectivity index (χ1v) is 15.1. The molecule has 1 aromatic heterocycles. The molecule has 2 aliphatic rings. The molecule has 0 spiro atoms. The molecule has 2 fully saturated rings. The third-order valence-corrected chi connectivity index (χ3v) is 8.76. The third-order valence-electron chi connectivity index (χ3n) is 7.38. The van der Waals surface area contributed by atoms with E-state index in [4.69, 9.17) is 12.2 Å². The average molecular weight is 564 g/mol. The second-order valence-electron chi connectivity index (χ2n) is 10.0. The molecule has 1 aromatic carbocycles. The molecule has 0 unspecified atom stereocenters. The Balaban J connectivity index is 1.72. The average Bonchev–Trinajstić information content (AvgIpc) is 3.22. The van der Waals surface area contributed by atoms with Gasteiger partial charge in [-0.3, -0.25) is 19.1 Å². The van der Waals surface area contributed by atoms with Crippen LogP contribution in [0.15, 0.2) is 40.0 Å². The van der Waals surface area contributed by atoms with Gasteiger partial charge in [-0.15, -0.1) is 0 Å². The van der Waals surface area contributed by atoms with Crippen molar-refractivity contribution in [3.05, 3.63) is 62.3 Å². The number of hydrogen-bond donors (Lipinski definition) is 0. The molecule has 9 heteroatoms. The van der Waals surface area contributed by atoms with Gasteiger partial charge < -0.3 is 9.80 Å². The molecule has 1 amide bonds. The summed E-state index contributed by atoms with van der Waals surface area (Å²) >= 11 is 6.89. The summed E-state index contributed by atoms with van der Waals surface area (Å²) in [6.45, 7) is 10.2. The second kappa shape index (κ2) is 13.3. The van der Waals surface area contributed by atoms with Gasteiger partial charge in [0.2, 0.25) is 0 Å². The number of rotatable bonds is 10. The van der Waals surface area contributed by atoms with Crippen molar-refractivity contribution >= 4 is 51.8 Å². The standard InChI is InChI=1S/C30H37N5O2S2/c1-4-6-7-11-15-35-29(37)26(39-30(35)38)20-24-22(3)25(21-31)28(36)34(14-5-2)27(24)33-18-16-32(17-19-33)23-12-9-8-10-13-23/h8-10,12-13,20H,4-7,11,14-19H2,1-3H3/b26-20-. The number of para-hydroxylation sites is 1. The Morgan fingerprint density at radius 3 is 2.31 bits per heavy atom. The van der Waals surface area contributed by atoms with Crippen LogP contribution in [0.3, 0.4) is 0 Å². The van der Waals surface area contributed by atoms with Crippen LogP contribution in [-0.2, 0) is 11.3 Å². The molecule has 2 aromatic rings. The third kappa shape index (κ3) is 6.23. The zero-order chi connectivity index (χ0) is 27.9. The van der Waals surface area contributed by atoms with Gasteiger partial charge in [-0.25, -0.2) is 0 Å². The molecule has 0 saturated carbocycles. The number of benzene rings is 1. The van der Waals surface area contributed by atoms with Crippen molar-refractivity contribution in [1.29, 1.82) is 5.26 Å². The number of piperazine rings is 1. The molecule has 7 nitrogen and oxygen atoms in total. The van der Waals surface area contributed by atoms with Gasteiger partial charge >= 0.3 is 0 Å². The van der Waals surface area contributed by atoms with Crippen LogP contribution in [-0.4, -0.2) is 52.4 Å². The van der Waals surface area contributed by atoms with Crippen LogP contribution in [0, 0.1) is 18.3 Å². The van der Waals surface area contributed by atoms with Crippen LogP contribution in [0.2, 0.25) is 0 Å². The topological polar surface area (TPSA) is 72.6 Å². The van der Waals surface area contributed by atoms with Gasteiger partial charge in [0, 0.05) is 50.5 Å². The molecular weight excluding hydrogens is 526 g/mol. The van der Waals surface area contributed by atoms with Crippen LogP contribution >= 0.6 is 24.0 Å². The highest BCUT2D eigenvalue weighted by molar-refractivity contribution is 8.26. The molecule has 0 aliphatic carbocycles. The van der Waals surface area contributed by atoms with Gasteiger partial charge in [0.05, 0.1) is 4.91 Å². The number of hydrogen-bond acceptors (Lipinski definition) is 7. The van der Waals surface area contributed by atoms with E-state index in [9.17, 15) is 14.9 Å². The first-order chi connectivity index (χ1) is 18.9. The minimum atomic E-state index is -0.266. The molecule has 0 atom stereocenters. The quantitative estimate of drug-likeness (QED) is 0.213. The normalized spacial score (nSPS) is 16.9. The molecule has 2 saturated heterocycles. The summed E-state index contributed by atoms with van der Waals surface area (Å²) < 4.78 is 2.31. The molecule has 39 heavy (non-hydrogen) atoms. The Kier molecular flexibility index (Phi) is 9.87. The number of anilines is 2. The predicted octanol–water partition coefficient (Wildman–Crippen LogP) is 5.55. The summed E-state index contributed by atoms with van der Waals surface area (Å²) in [5.41, 5.74) is 2.43. The van der Waals surface area contributed by atoms with Crippen molar-refractivity contribution in [2.75, 3.05) is 42.5 Å². The number of thiocarbonyl (C=S) groups is 1. The van der Waals surface area contributed by atoms with Crippen molar-refractivity contribution < 1.29 is 4.79 Å². The number of pyridine rings is 1. The number of nitriles is 1. The number of carbonyl (C=O) groups excluding carboxylic acids is 1. The summed E-state index contributed by atoms with van der Waals surface area (Å²) in [4.78, 5) is 33.7. The van der Waals surface area contributed by atoms with Crippen molar-refractivity contribution in [3.63, 3.8) is 0 Å². The molecular formula is C30H37N5O2S2. The van der Waals surface area contributed by atoms with E-state index in [1.807, 2.05) is 38.1 Å². The Hall–Kier alpha value is -3.09. The smallest absolute Gasteiger partial charge is 0.270 e. The van der Waals surface area contributed by atoms with E-state index >= 15 is 0 Å². The summed E-state index contributed by atoms with van der Waals surface area (Å²) in [5, 5.41) is 9.91. The predicted molar refractivity (Wildman–Crippen MR) is 165 cm³/mol. The number of carbonyl (C=O) groups is 1. The van der Waals surface area contributed by atoms with E-state index in [0.29, 0.717) is 27.9 Å². The van der Waals surface area contributed by atoms with Crippen LogP contribution in [0.1, 0.15) is 62.6 Å². The zero-order valence-electron chi connectivity index (χ0n) is 23.1. The van der Waals surface area contributed by atoms with Gasteiger partial charge in [0.15, 0.2) is 0 Å². The van der Waals surface area contributed by atoms with Crippen molar-refractivity contribution in [1.82, 2.24) is 9.47 Å². The lowest BCUT2D eigenvalue weighted by Gasteiger charge is -2.39. The van der Waals surface area contributed by atoms with E-state index in [-0.39, 0.29) is 17.0 Å². The van der Waals surface area contributed by atoms with Crippen LogP contribution in [0.5, 0.6) is 0 Å². The largest absolute Gasteiger partial charge is 0.368 e. The van der Waals surface area contributed by atoms with E-state index in [2.05, 4.69) is 34.9 Å².